The fraction of sp³-hybridized carbons (Fsp3) is 0.889. The van der Waals surface area contributed by atoms with Crippen LogP contribution in [-0.4, -0.2) is 46.1 Å². The molecule has 10 heteroatoms. The van der Waals surface area contributed by atoms with Crippen molar-refractivity contribution >= 4 is 14.9 Å². The first-order valence-corrected chi connectivity index (χ1v) is 8.48. The minimum atomic E-state index is -5.75. The fourth-order valence-corrected chi connectivity index (χ4v) is 2.02. The molecule has 1 amide bonds. The maximum Gasteiger partial charge on any atom is 0.456 e. The van der Waals surface area contributed by atoms with Crippen LogP contribution < -0.4 is 5.32 Å². The first kappa shape index (κ1) is 18.1. The molecule has 0 saturated heterocycles. The quantitative estimate of drug-likeness (QED) is 0.465. The summed E-state index contributed by atoms with van der Waals surface area (Å²) < 4.78 is 69.4. The molecule has 0 aromatic rings. The number of nitrogens with one attached hydrogen (secondary N) is 1. The third-order valence-electron chi connectivity index (χ3n) is 2.01. The Labute approximate surface area is 108 Å². The van der Waals surface area contributed by atoms with Crippen molar-refractivity contribution in [3.05, 3.63) is 0 Å². The summed E-state index contributed by atoms with van der Waals surface area (Å²) in [5, 5.41) is 2.12. The van der Waals surface area contributed by atoms with E-state index in [9.17, 15) is 26.7 Å². The predicted octanol–water partition coefficient (Wildman–Crippen LogP) is 2.30. The Morgan fingerprint density at radius 2 is 1.79 bits per heavy atom. The van der Waals surface area contributed by atoms with Crippen molar-refractivity contribution in [2.24, 2.45) is 0 Å². The molecule has 0 aromatic carbocycles. The average Bonchev–Trinajstić information content (AvgIpc) is 2.24. The van der Waals surface area contributed by atoms with E-state index in [1.54, 1.807) is 6.92 Å². The molecule has 0 spiro atoms. The van der Waals surface area contributed by atoms with Gasteiger partial charge in [-0.25, -0.2) is 4.79 Å². The molecule has 0 radical (unpaired) electrons. The summed E-state index contributed by atoms with van der Waals surface area (Å²) in [6, 6.07) is 0. The molecular weight excluding hydrogens is 293 g/mol. The molecule has 0 fully saturated rings. The molecule has 0 aliphatic rings. The van der Waals surface area contributed by atoms with Crippen molar-refractivity contribution < 1.29 is 36.2 Å². The summed E-state index contributed by atoms with van der Waals surface area (Å²) in [5.41, 5.74) is 0. The summed E-state index contributed by atoms with van der Waals surface area (Å²) in [7, 11) is -1.50. The van der Waals surface area contributed by atoms with Crippen LogP contribution in [0.4, 0.5) is 26.7 Å². The molecule has 114 valence electrons. The van der Waals surface area contributed by atoms with Gasteiger partial charge in [-0.3, -0.25) is 5.32 Å². The standard InChI is InChI=1S/C9H16F5NO3Si/c1-4-17-7(19(2)3)15-6(16)18-5-8(10,11)9(12,13)14/h7,19H,4-5H2,1-3H3,(H,15,16). The summed E-state index contributed by atoms with van der Waals surface area (Å²) in [4.78, 5) is 11.1. The number of alkyl carbamates (subject to hydrolysis) is 1. The molecule has 0 rings (SSSR count). The molecule has 1 unspecified atom stereocenters. The first-order valence-electron chi connectivity index (χ1n) is 5.50. The van der Waals surface area contributed by atoms with Gasteiger partial charge in [0, 0.05) is 6.61 Å². The van der Waals surface area contributed by atoms with E-state index >= 15 is 0 Å². The second-order valence-electron chi connectivity index (χ2n) is 4.04. The number of halogens is 5. The highest BCUT2D eigenvalue weighted by Gasteiger charge is 2.58. The van der Waals surface area contributed by atoms with E-state index in [-0.39, 0.29) is 6.61 Å². The van der Waals surface area contributed by atoms with Gasteiger partial charge >= 0.3 is 18.2 Å². The Bertz CT molecular complexity index is 298. The van der Waals surface area contributed by atoms with Gasteiger partial charge < -0.3 is 9.47 Å². The highest BCUT2D eigenvalue weighted by Crippen LogP contribution is 2.35. The number of hydrogen-bond acceptors (Lipinski definition) is 3. The fourth-order valence-electron chi connectivity index (χ4n) is 0.976. The van der Waals surface area contributed by atoms with E-state index in [1.807, 2.05) is 13.1 Å². The Balaban J connectivity index is 4.32. The number of ether oxygens (including phenoxy) is 2. The molecule has 1 atom stereocenters. The second-order valence-corrected chi connectivity index (χ2v) is 7.14. The summed E-state index contributed by atoms with van der Waals surface area (Å²) >= 11 is 0. The van der Waals surface area contributed by atoms with Crippen LogP contribution in [-0.2, 0) is 9.47 Å². The van der Waals surface area contributed by atoms with E-state index in [0.717, 1.165) is 0 Å². The summed E-state index contributed by atoms with van der Waals surface area (Å²) in [6.45, 7) is 3.50. The molecule has 0 aliphatic heterocycles. The van der Waals surface area contributed by atoms with Gasteiger partial charge in [-0.1, -0.05) is 13.1 Å². The largest absolute Gasteiger partial charge is 0.456 e. The van der Waals surface area contributed by atoms with E-state index in [1.165, 1.54) is 0 Å². The monoisotopic (exact) mass is 309 g/mol. The highest BCUT2D eigenvalue weighted by molar-refractivity contribution is 6.57. The summed E-state index contributed by atoms with van der Waals surface area (Å²) in [6.07, 6.45) is -7.11. The number of carbonyl (C=O) groups excluding carboxylic acids is 1. The lowest BCUT2D eigenvalue weighted by Crippen LogP contribution is -2.47. The second kappa shape index (κ2) is 7.03. The van der Waals surface area contributed by atoms with Crippen molar-refractivity contribution in [3.63, 3.8) is 0 Å². The normalized spacial score (nSPS) is 14.4. The van der Waals surface area contributed by atoms with Crippen LogP contribution in [0, 0.1) is 0 Å². The van der Waals surface area contributed by atoms with Crippen molar-refractivity contribution in [1.82, 2.24) is 5.32 Å². The summed E-state index contributed by atoms with van der Waals surface area (Å²) in [5.74, 6) is -5.75. The van der Waals surface area contributed by atoms with Crippen molar-refractivity contribution in [3.8, 4) is 0 Å². The third-order valence-corrected chi connectivity index (χ3v) is 3.58. The van der Waals surface area contributed by atoms with Gasteiger partial charge in [0.1, 0.15) is 5.85 Å². The van der Waals surface area contributed by atoms with Gasteiger partial charge in [0.25, 0.3) is 0 Å². The zero-order chi connectivity index (χ0) is 15.3. The molecule has 1 N–H and O–H groups in total. The SMILES string of the molecule is CCOC(NC(=O)OCC(F)(F)C(F)(F)F)[SiH](C)C. The van der Waals surface area contributed by atoms with Crippen LogP contribution in [0.5, 0.6) is 0 Å². The van der Waals surface area contributed by atoms with Crippen LogP contribution in [0.1, 0.15) is 6.92 Å². The lowest BCUT2D eigenvalue weighted by molar-refractivity contribution is -0.292. The van der Waals surface area contributed by atoms with Gasteiger partial charge in [-0.05, 0) is 6.92 Å². The van der Waals surface area contributed by atoms with Crippen molar-refractivity contribution in [1.29, 1.82) is 0 Å². The van der Waals surface area contributed by atoms with Gasteiger partial charge in [0.05, 0.1) is 8.80 Å². The molecule has 0 aliphatic carbocycles. The zero-order valence-electron chi connectivity index (χ0n) is 10.7. The molecule has 0 bridgehead atoms. The lowest BCUT2D eigenvalue weighted by atomic mass is 10.3. The van der Waals surface area contributed by atoms with Gasteiger partial charge in [-0.15, -0.1) is 0 Å². The molecular formula is C9H16F5NO3Si. The van der Waals surface area contributed by atoms with Gasteiger partial charge in [0.2, 0.25) is 0 Å². The maximum atomic E-state index is 12.5. The number of amides is 1. The third kappa shape index (κ3) is 6.19. The minimum Gasteiger partial charge on any atom is -0.443 e. The first-order chi connectivity index (χ1) is 8.51. The molecule has 0 saturated carbocycles. The minimum absolute atomic E-state index is 0.273. The van der Waals surface area contributed by atoms with Crippen molar-refractivity contribution in [2.45, 2.75) is 38.0 Å². The molecule has 0 heterocycles. The highest BCUT2D eigenvalue weighted by atomic mass is 28.3. The van der Waals surface area contributed by atoms with Crippen LogP contribution in [0.25, 0.3) is 0 Å². The average molecular weight is 309 g/mol. The zero-order valence-corrected chi connectivity index (χ0v) is 11.8. The predicted molar refractivity (Wildman–Crippen MR) is 59.8 cm³/mol. The molecule has 0 aromatic heterocycles. The Kier molecular flexibility index (Phi) is 6.70. The smallest absolute Gasteiger partial charge is 0.443 e. The number of hydrogen-bond donors (Lipinski definition) is 1. The molecule has 4 nitrogen and oxygen atoms in total. The van der Waals surface area contributed by atoms with Crippen LogP contribution in [0.2, 0.25) is 13.1 Å². The van der Waals surface area contributed by atoms with E-state index in [2.05, 4.69) is 10.1 Å². The molecule has 19 heavy (non-hydrogen) atoms. The van der Waals surface area contributed by atoms with Crippen molar-refractivity contribution in [2.75, 3.05) is 13.2 Å². The topological polar surface area (TPSA) is 47.6 Å². The number of carbonyl (C=O) groups is 1. The van der Waals surface area contributed by atoms with Crippen LogP contribution in [0.15, 0.2) is 0 Å². The van der Waals surface area contributed by atoms with Gasteiger partial charge in [0.15, 0.2) is 6.61 Å². The number of rotatable bonds is 6. The maximum absolute atomic E-state index is 12.5. The van der Waals surface area contributed by atoms with Crippen LogP contribution >= 0.6 is 0 Å². The Morgan fingerprint density at radius 3 is 2.16 bits per heavy atom. The number of alkyl halides is 5. The van der Waals surface area contributed by atoms with E-state index in [0.29, 0.717) is 0 Å². The van der Waals surface area contributed by atoms with Gasteiger partial charge in [-0.2, -0.15) is 22.0 Å². The van der Waals surface area contributed by atoms with Crippen LogP contribution in [0.3, 0.4) is 0 Å². The Morgan fingerprint density at radius 1 is 1.26 bits per heavy atom. The van der Waals surface area contributed by atoms with E-state index in [4.69, 9.17) is 4.74 Å². The van der Waals surface area contributed by atoms with E-state index < -0.39 is 39.4 Å². The lowest BCUT2D eigenvalue weighted by Gasteiger charge is -2.23. The Hall–Kier alpha value is -0.903.